The van der Waals surface area contributed by atoms with E-state index in [2.05, 4.69) is 10.6 Å². The van der Waals surface area contributed by atoms with Crippen molar-refractivity contribution in [3.63, 3.8) is 0 Å². The first-order valence-corrected chi connectivity index (χ1v) is 8.95. The zero-order valence-electron chi connectivity index (χ0n) is 15.5. The van der Waals surface area contributed by atoms with Gasteiger partial charge in [-0.1, -0.05) is 30.3 Å². The van der Waals surface area contributed by atoms with Gasteiger partial charge in [0, 0.05) is 17.3 Å². The van der Waals surface area contributed by atoms with E-state index >= 15 is 0 Å². The second kappa shape index (κ2) is 8.85. The van der Waals surface area contributed by atoms with Crippen LogP contribution in [-0.4, -0.2) is 35.9 Å². The number of nitrogens with one attached hydrogen (secondary N) is 2. The molecule has 2 aromatic rings. The summed E-state index contributed by atoms with van der Waals surface area (Å²) < 4.78 is 5.54. The van der Waals surface area contributed by atoms with Crippen LogP contribution < -0.4 is 15.4 Å². The summed E-state index contributed by atoms with van der Waals surface area (Å²) in [4.78, 5) is 36.7. The average molecular weight is 379 g/mol. The lowest BCUT2D eigenvalue weighted by molar-refractivity contribution is -0.125. The van der Waals surface area contributed by atoms with Crippen LogP contribution in [-0.2, 0) is 16.1 Å². The van der Waals surface area contributed by atoms with Gasteiger partial charge in [-0.3, -0.25) is 14.5 Å². The second-order valence-corrected chi connectivity index (χ2v) is 6.13. The zero-order valence-corrected chi connectivity index (χ0v) is 15.5. The summed E-state index contributed by atoms with van der Waals surface area (Å²) in [5.74, 6) is 0.151. The number of amides is 4. The Morgan fingerprint density at radius 1 is 1.21 bits per heavy atom. The summed E-state index contributed by atoms with van der Waals surface area (Å²) in [5.41, 5.74) is 2.14. The minimum Gasteiger partial charge on any atom is -0.493 e. The molecule has 2 N–H and O–H groups in total. The molecule has 0 spiro atoms. The summed E-state index contributed by atoms with van der Waals surface area (Å²) in [6.07, 6.45) is 3.12. The highest BCUT2D eigenvalue weighted by molar-refractivity contribution is 6.03. The zero-order chi connectivity index (χ0) is 19.9. The Bertz CT molecular complexity index is 907. The molecule has 28 heavy (non-hydrogen) atoms. The number of anilines is 1. The Kier molecular flexibility index (Phi) is 6.06. The molecular weight excluding hydrogens is 358 g/mol. The van der Waals surface area contributed by atoms with Crippen LogP contribution in [0.4, 0.5) is 10.5 Å². The van der Waals surface area contributed by atoms with Gasteiger partial charge in [0.2, 0.25) is 11.8 Å². The van der Waals surface area contributed by atoms with Gasteiger partial charge >= 0.3 is 6.03 Å². The molecule has 1 aliphatic heterocycles. The highest BCUT2D eigenvalue weighted by Crippen LogP contribution is 2.19. The number of benzene rings is 2. The normalized spacial score (nSPS) is 13.7. The van der Waals surface area contributed by atoms with Crippen molar-refractivity contribution in [1.29, 1.82) is 0 Å². The number of carbonyl (C=O) groups excluding carboxylic acids is 3. The van der Waals surface area contributed by atoms with Crippen LogP contribution in [0.15, 0.2) is 54.6 Å². The van der Waals surface area contributed by atoms with E-state index in [1.807, 2.05) is 31.2 Å². The SMILES string of the molecule is CCOc1ccccc1/C=C/C(=O)Nc1cccc(CN2C(=O)CNC2=O)c1. The van der Waals surface area contributed by atoms with E-state index < -0.39 is 6.03 Å². The van der Waals surface area contributed by atoms with Crippen LogP contribution in [0.5, 0.6) is 5.75 Å². The standard InChI is InChI=1S/C21H21N3O4/c1-2-28-18-9-4-3-7-16(18)10-11-19(25)23-17-8-5-6-15(12-17)14-24-20(26)13-22-21(24)27/h3-12H,2,13-14H2,1H3,(H,22,27)(H,23,25)/b11-10+. The fourth-order valence-corrected chi connectivity index (χ4v) is 2.80. The van der Waals surface area contributed by atoms with Crippen molar-refractivity contribution in [1.82, 2.24) is 10.2 Å². The first-order valence-electron chi connectivity index (χ1n) is 8.95. The quantitative estimate of drug-likeness (QED) is 0.572. The molecule has 1 heterocycles. The van der Waals surface area contributed by atoms with Gasteiger partial charge in [0.05, 0.1) is 19.7 Å². The van der Waals surface area contributed by atoms with Crippen LogP contribution in [0.2, 0.25) is 0 Å². The highest BCUT2D eigenvalue weighted by Gasteiger charge is 2.28. The van der Waals surface area contributed by atoms with E-state index in [0.717, 1.165) is 16.0 Å². The molecule has 1 saturated heterocycles. The summed E-state index contributed by atoms with van der Waals surface area (Å²) in [6, 6.07) is 14.1. The third kappa shape index (κ3) is 4.76. The lowest BCUT2D eigenvalue weighted by atomic mass is 10.1. The Labute approximate surface area is 163 Å². The van der Waals surface area contributed by atoms with Crippen molar-refractivity contribution in [2.24, 2.45) is 0 Å². The maximum absolute atomic E-state index is 12.2. The molecule has 7 heteroatoms. The van der Waals surface area contributed by atoms with Gasteiger partial charge in [0.25, 0.3) is 0 Å². The molecule has 7 nitrogen and oxygen atoms in total. The van der Waals surface area contributed by atoms with Gasteiger partial charge < -0.3 is 15.4 Å². The first-order chi connectivity index (χ1) is 13.6. The van der Waals surface area contributed by atoms with Gasteiger partial charge in [0.15, 0.2) is 0 Å². The number of para-hydroxylation sites is 1. The lowest BCUT2D eigenvalue weighted by Crippen LogP contribution is -2.30. The lowest BCUT2D eigenvalue weighted by Gasteiger charge is -2.13. The van der Waals surface area contributed by atoms with E-state index in [4.69, 9.17) is 4.74 Å². The molecule has 0 radical (unpaired) electrons. The number of nitrogens with zero attached hydrogens (tertiary/aromatic N) is 1. The Morgan fingerprint density at radius 2 is 2.04 bits per heavy atom. The second-order valence-electron chi connectivity index (χ2n) is 6.13. The average Bonchev–Trinajstić information content (AvgIpc) is 3.00. The van der Waals surface area contributed by atoms with E-state index in [1.54, 1.807) is 30.3 Å². The minimum atomic E-state index is -0.407. The highest BCUT2D eigenvalue weighted by atomic mass is 16.5. The van der Waals surface area contributed by atoms with Crippen LogP contribution in [0.3, 0.4) is 0 Å². The van der Waals surface area contributed by atoms with Gasteiger partial charge in [-0.2, -0.15) is 0 Å². The molecule has 144 valence electrons. The molecule has 0 unspecified atom stereocenters. The van der Waals surface area contributed by atoms with Crippen molar-refractivity contribution >= 4 is 29.6 Å². The molecular formula is C21H21N3O4. The molecule has 1 fully saturated rings. The maximum Gasteiger partial charge on any atom is 0.324 e. The smallest absolute Gasteiger partial charge is 0.324 e. The third-order valence-corrected chi connectivity index (χ3v) is 4.11. The Morgan fingerprint density at radius 3 is 2.79 bits per heavy atom. The molecule has 4 amide bonds. The van der Waals surface area contributed by atoms with Crippen LogP contribution in [0, 0.1) is 0 Å². The fraction of sp³-hybridized carbons (Fsp3) is 0.190. The fourth-order valence-electron chi connectivity index (χ4n) is 2.80. The molecule has 0 atom stereocenters. The van der Waals surface area contributed by atoms with E-state index in [1.165, 1.54) is 6.08 Å². The number of imide groups is 1. The van der Waals surface area contributed by atoms with Gasteiger partial charge in [-0.25, -0.2) is 4.79 Å². The van der Waals surface area contributed by atoms with Crippen molar-refractivity contribution < 1.29 is 19.1 Å². The number of urea groups is 1. The van der Waals surface area contributed by atoms with Crippen molar-refractivity contribution in [2.75, 3.05) is 18.5 Å². The number of ether oxygens (including phenoxy) is 1. The molecule has 1 aliphatic rings. The van der Waals surface area contributed by atoms with Crippen LogP contribution in [0.1, 0.15) is 18.1 Å². The minimum absolute atomic E-state index is 0.0171. The van der Waals surface area contributed by atoms with Crippen LogP contribution in [0.25, 0.3) is 6.08 Å². The monoisotopic (exact) mass is 379 g/mol. The molecule has 0 bridgehead atoms. The van der Waals surface area contributed by atoms with Gasteiger partial charge in [0.1, 0.15) is 5.75 Å². The molecule has 0 aliphatic carbocycles. The van der Waals surface area contributed by atoms with E-state index in [0.29, 0.717) is 18.0 Å². The predicted molar refractivity (Wildman–Crippen MR) is 106 cm³/mol. The van der Waals surface area contributed by atoms with Crippen molar-refractivity contribution in [3.05, 3.63) is 65.7 Å². The topological polar surface area (TPSA) is 87.7 Å². The van der Waals surface area contributed by atoms with Gasteiger partial charge in [-0.15, -0.1) is 0 Å². The molecule has 3 rings (SSSR count). The maximum atomic E-state index is 12.2. The Balaban J connectivity index is 1.65. The summed E-state index contributed by atoms with van der Waals surface area (Å²) in [6.45, 7) is 2.62. The van der Waals surface area contributed by atoms with E-state index in [-0.39, 0.29) is 24.9 Å². The molecule has 0 saturated carbocycles. The first kappa shape index (κ1) is 19.2. The summed E-state index contributed by atoms with van der Waals surface area (Å²) in [7, 11) is 0. The summed E-state index contributed by atoms with van der Waals surface area (Å²) in [5, 5.41) is 5.26. The van der Waals surface area contributed by atoms with Crippen molar-refractivity contribution in [3.8, 4) is 5.75 Å². The van der Waals surface area contributed by atoms with Crippen LogP contribution >= 0.6 is 0 Å². The number of hydrogen-bond acceptors (Lipinski definition) is 4. The molecule has 2 aromatic carbocycles. The predicted octanol–water partition coefficient (Wildman–Crippen LogP) is 2.79. The number of hydrogen-bond donors (Lipinski definition) is 2. The van der Waals surface area contributed by atoms with Crippen molar-refractivity contribution in [2.45, 2.75) is 13.5 Å². The van der Waals surface area contributed by atoms with Gasteiger partial charge in [-0.05, 0) is 36.8 Å². The number of rotatable bonds is 7. The Hall–Kier alpha value is -3.61. The number of carbonyl (C=O) groups is 3. The third-order valence-electron chi connectivity index (χ3n) is 4.11. The largest absolute Gasteiger partial charge is 0.493 e. The van der Waals surface area contributed by atoms with E-state index in [9.17, 15) is 14.4 Å². The molecule has 0 aromatic heterocycles. The summed E-state index contributed by atoms with van der Waals surface area (Å²) >= 11 is 0.